The van der Waals surface area contributed by atoms with Gasteiger partial charge in [0.15, 0.2) is 5.13 Å². The molecule has 0 atom stereocenters. The summed E-state index contributed by atoms with van der Waals surface area (Å²) < 4.78 is 1.70. The van der Waals surface area contributed by atoms with Gasteiger partial charge < -0.3 is 0 Å². The van der Waals surface area contributed by atoms with Gasteiger partial charge in [-0.2, -0.15) is 0 Å². The molecule has 0 aliphatic heterocycles. The third-order valence-corrected chi connectivity index (χ3v) is 4.73. The molecule has 8 heteroatoms. The number of pyridine rings is 2. The fraction of sp³-hybridized carbons (Fsp3) is 0.0952. The van der Waals surface area contributed by atoms with Crippen LogP contribution in [0, 0.1) is 11.8 Å². The van der Waals surface area contributed by atoms with E-state index >= 15 is 0 Å². The highest BCUT2D eigenvalue weighted by molar-refractivity contribution is 7.14. The van der Waals surface area contributed by atoms with Crippen molar-refractivity contribution >= 4 is 22.4 Å². The summed E-state index contributed by atoms with van der Waals surface area (Å²) >= 11 is 1.34. The van der Waals surface area contributed by atoms with Gasteiger partial charge in [-0.3, -0.25) is 24.6 Å². The van der Waals surface area contributed by atoms with Crippen molar-refractivity contribution in [2.45, 2.75) is 13.3 Å². The monoisotopic (exact) mass is 400 g/mol. The molecular formula is C21H16N6OS. The lowest BCUT2D eigenvalue weighted by atomic mass is 10.2. The lowest BCUT2D eigenvalue weighted by Gasteiger charge is -2.07. The van der Waals surface area contributed by atoms with Crippen LogP contribution in [0.4, 0.5) is 5.13 Å². The first-order valence-corrected chi connectivity index (χ1v) is 9.77. The van der Waals surface area contributed by atoms with Gasteiger partial charge in [-0.05, 0) is 24.3 Å². The van der Waals surface area contributed by atoms with Crippen LogP contribution in [0.15, 0.2) is 60.8 Å². The molecule has 0 aliphatic carbocycles. The van der Waals surface area contributed by atoms with Crippen molar-refractivity contribution in [2.75, 3.05) is 5.32 Å². The number of aromatic nitrogens is 5. The van der Waals surface area contributed by atoms with E-state index in [0.29, 0.717) is 16.5 Å². The van der Waals surface area contributed by atoms with Crippen LogP contribution in [-0.4, -0.2) is 30.4 Å². The van der Waals surface area contributed by atoms with Crippen LogP contribution in [-0.2, 0) is 0 Å². The summed E-state index contributed by atoms with van der Waals surface area (Å²) in [7, 11) is 0. The first-order chi connectivity index (χ1) is 14.2. The second kappa shape index (κ2) is 8.46. The van der Waals surface area contributed by atoms with Crippen LogP contribution in [0.2, 0.25) is 0 Å². The largest absolute Gasteiger partial charge is 0.296 e. The average Bonchev–Trinajstić information content (AvgIpc) is 3.43. The average molecular weight is 400 g/mol. The number of rotatable bonds is 4. The Labute approximate surface area is 171 Å². The molecule has 29 heavy (non-hydrogen) atoms. The topological polar surface area (TPSA) is 85.6 Å². The molecule has 0 saturated carbocycles. The number of hydrogen-bond donors (Lipinski definition) is 1. The highest BCUT2D eigenvalue weighted by atomic mass is 32.1. The second-order valence-electron chi connectivity index (χ2n) is 5.93. The third-order valence-electron chi connectivity index (χ3n) is 3.97. The van der Waals surface area contributed by atoms with Crippen LogP contribution in [0.1, 0.15) is 29.4 Å². The summed E-state index contributed by atoms with van der Waals surface area (Å²) in [6.07, 6.45) is 8.96. The van der Waals surface area contributed by atoms with Gasteiger partial charge in [-0.25, -0.2) is 9.97 Å². The van der Waals surface area contributed by atoms with E-state index in [1.54, 1.807) is 41.6 Å². The maximum absolute atomic E-state index is 12.7. The Balaban J connectivity index is 1.50. The minimum absolute atomic E-state index is 0.293. The maximum atomic E-state index is 12.7. The van der Waals surface area contributed by atoms with Gasteiger partial charge in [-0.1, -0.05) is 18.8 Å². The van der Waals surface area contributed by atoms with Crippen LogP contribution >= 0.6 is 11.3 Å². The molecule has 0 bridgehead atoms. The zero-order chi connectivity index (χ0) is 20.1. The summed E-state index contributed by atoms with van der Waals surface area (Å²) in [4.78, 5) is 29.7. The van der Waals surface area contributed by atoms with E-state index in [-0.39, 0.29) is 5.91 Å². The molecule has 4 rings (SSSR count). The zero-order valence-corrected chi connectivity index (χ0v) is 16.3. The van der Waals surface area contributed by atoms with Gasteiger partial charge in [0.2, 0.25) is 0 Å². The second-order valence-corrected chi connectivity index (χ2v) is 6.79. The molecule has 142 valence electrons. The summed E-state index contributed by atoms with van der Waals surface area (Å²) in [6.45, 7) is 2.00. The molecule has 0 radical (unpaired) electrons. The fourth-order valence-electron chi connectivity index (χ4n) is 2.59. The Morgan fingerprint density at radius 2 is 2.00 bits per heavy atom. The standard InChI is InChI=1S/C21H16N6OS/c1-2-3-4-15-5-6-17(24-11-15)18-13-29-21(25-18)26-20(28)19-12-23-14-27(19)16-7-9-22-10-8-16/h5-14H,2H2,1H3,(H,25,26,28). The van der Waals surface area contributed by atoms with Crippen molar-refractivity contribution in [1.82, 2.24) is 24.5 Å². The lowest BCUT2D eigenvalue weighted by molar-refractivity contribution is 0.102. The number of nitrogens with one attached hydrogen (secondary N) is 1. The van der Waals surface area contributed by atoms with Gasteiger partial charge in [0.1, 0.15) is 11.4 Å². The van der Waals surface area contributed by atoms with Gasteiger partial charge in [-0.15, -0.1) is 11.3 Å². The van der Waals surface area contributed by atoms with E-state index in [0.717, 1.165) is 23.4 Å². The molecule has 1 N–H and O–H groups in total. The highest BCUT2D eigenvalue weighted by Crippen LogP contribution is 2.24. The van der Waals surface area contributed by atoms with Crippen molar-refractivity contribution in [3.63, 3.8) is 0 Å². The van der Waals surface area contributed by atoms with E-state index in [4.69, 9.17) is 0 Å². The molecule has 0 spiro atoms. The number of anilines is 1. The van der Waals surface area contributed by atoms with Gasteiger partial charge in [0, 0.05) is 36.0 Å². The number of thiazole rings is 1. The minimum Gasteiger partial charge on any atom is -0.296 e. The molecular weight excluding hydrogens is 384 g/mol. The van der Waals surface area contributed by atoms with Crippen LogP contribution in [0.3, 0.4) is 0 Å². The normalized spacial score (nSPS) is 10.2. The van der Waals surface area contributed by atoms with E-state index in [2.05, 4.69) is 37.1 Å². The summed E-state index contributed by atoms with van der Waals surface area (Å²) in [5, 5.41) is 5.17. The van der Waals surface area contributed by atoms with E-state index in [9.17, 15) is 4.79 Å². The summed E-state index contributed by atoms with van der Waals surface area (Å²) in [6, 6.07) is 7.40. The Kier molecular flexibility index (Phi) is 5.40. The SMILES string of the molecule is CCC#Cc1ccc(-c2csc(NC(=O)c3cncn3-c3ccncc3)n2)nc1. The molecule has 1 amide bonds. The van der Waals surface area contributed by atoms with Crippen molar-refractivity contribution in [3.8, 4) is 28.9 Å². The van der Waals surface area contributed by atoms with Crippen LogP contribution in [0.25, 0.3) is 17.1 Å². The molecule has 4 aromatic heterocycles. The van der Waals surface area contributed by atoms with Crippen molar-refractivity contribution in [3.05, 3.63) is 72.0 Å². The first-order valence-electron chi connectivity index (χ1n) is 8.89. The molecule has 4 aromatic rings. The number of imidazole rings is 1. The summed E-state index contributed by atoms with van der Waals surface area (Å²) in [5.74, 6) is 5.76. The number of carbonyl (C=O) groups excluding carboxylic acids is 1. The molecule has 0 fully saturated rings. The molecule has 0 aliphatic rings. The van der Waals surface area contributed by atoms with Gasteiger partial charge >= 0.3 is 0 Å². The predicted molar refractivity (Wildman–Crippen MR) is 112 cm³/mol. The van der Waals surface area contributed by atoms with Crippen LogP contribution < -0.4 is 5.32 Å². The van der Waals surface area contributed by atoms with Crippen molar-refractivity contribution in [1.29, 1.82) is 0 Å². The number of nitrogens with zero attached hydrogens (tertiary/aromatic N) is 5. The molecule has 0 aromatic carbocycles. The number of carbonyl (C=O) groups is 1. The Hall–Kier alpha value is -3.83. The Morgan fingerprint density at radius 3 is 2.76 bits per heavy atom. The predicted octanol–water partition coefficient (Wildman–Crippen LogP) is 3.80. The van der Waals surface area contributed by atoms with E-state index < -0.39 is 0 Å². The Morgan fingerprint density at radius 1 is 1.14 bits per heavy atom. The smallest absolute Gasteiger partial charge is 0.276 e. The van der Waals surface area contributed by atoms with Gasteiger partial charge in [0.25, 0.3) is 5.91 Å². The first kappa shape index (κ1) is 18.5. The Bertz CT molecular complexity index is 1190. The van der Waals surface area contributed by atoms with Crippen molar-refractivity contribution in [2.24, 2.45) is 0 Å². The molecule has 7 nitrogen and oxygen atoms in total. The van der Waals surface area contributed by atoms with Crippen molar-refractivity contribution < 1.29 is 4.79 Å². The molecule has 0 unspecified atom stereocenters. The lowest BCUT2D eigenvalue weighted by Crippen LogP contribution is -2.16. The fourth-order valence-corrected chi connectivity index (χ4v) is 3.29. The minimum atomic E-state index is -0.293. The zero-order valence-electron chi connectivity index (χ0n) is 15.5. The quantitative estimate of drug-likeness (QED) is 0.527. The molecule has 0 saturated heterocycles. The number of amides is 1. The summed E-state index contributed by atoms with van der Waals surface area (Å²) in [5.41, 5.74) is 3.50. The molecule has 4 heterocycles. The highest BCUT2D eigenvalue weighted by Gasteiger charge is 2.15. The van der Waals surface area contributed by atoms with E-state index in [1.807, 2.05) is 24.4 Å². The van der Waals surface area contributed by atoms with E-state index in [1.165, 1.54) is 17.5 Å². The van der Waals surface area contributed by atoms with Gasteiger partial charge in [0.05, 0.1) is 23.9 Å². The third kappa shape index (κ3) is 4.20. The maximum Gasteiger partial charge on any atom is 0.276 e. The number of hydrogen-bond acceptors (Lipinski definition) is 6. The van der Waals surface area contributed by atoms with Crippen LogP contribution in [0.5, 0.6) is 0 Å².